The molecule has 11 heteroatoms. The molecule has 32 heavy (non-hydrogen) atoms. The second-order valence-corrected chi connectivity index (χ2v) is 7.67. The molecule has 0 bridgehead atoms. The van der Waals surface area contributed by atoms with Crippen molar-refractivity contribution in [2.24, 2.45) is 0 Å². The summed E-state index contributed by atoms with van der Waals surface area (Å²) in [5, 5.41) is 15.9. The minimum absolute atomic E-state index is 0.119. The number of nitro benzene ring substituents is 1. The van der Waals surface area contributed by atoms with Crippen molar-refractivity contribution in [3.8, 4) is 17.1 Å². The van der Waals surface area contributed by atoms with Crippen LogP contribution in [0.15, 0.2) is 47.0 Å². The highest BCUT2D eigenvalue weighted by atomic mass is 35.5. The van der Waals surface area contributed by atoms with Crippen molar-refractivity contribution in [2.45, 2.75) is 6.54 Å². The summed E-state index contributed by atoms with van der Waals surface area (Å²) < 4.78 is 10.4. The van der Waals surface area contributed by atoms with E-state index in [1.54, 1.807) is 17.0 Å². The number of halogens is 1. The van der Waals surface area contributed by atoms with Gasteiger partial charge in [-0.15, -0.1) is 0 Å². The number of carbonyl (C=O) groups excluding carboxylic acids is 1. The van der Waals surface area contributed by atoms with Crippen molar-refractivity contribution < 1.29 is 19.0 Å². The van der Waals surface area contributed by atoms with E-state index in [1.807, 2.05) is 12.1 Å². The first-order valence-corrected chi connectivity index (χ1v) is 10.2. The third-order valence-electron chi connectivity index (χ3n) is 5.21. The smallest absolute Gasteiger partial charge is 0.311 e. The Morgan fingerprint density at radius 3 is 2.56 bits per heavy atom. The Morgan fingerprint density at radius 2 is 1.91 bits per heavy atom. The monoisotopic (exact) mass is 457 g/mol. The number of nitro groups is 1. The van der Waals surface area contributed by atoms with Gasteiger partial charge in [0.05, 0.1) is 18.6 Å². The molecule has 2 aromatic carbocycles. The van der Waals surface area contributed by atoms with Gasteiger partial charge in [0.2, 0.25) is 11.7 Å². The summed E-state index contributed by atoms with van der Waals surface area (Å²) in [5.41, 5.74) is 0.841. The van der Waals surface area contributed by atoms with E-state index >= 15 is 0 Å². The maximum absolute atomic E-state index is 12.8. The quantitative estimate of drug-likeness (QED) is 0.409. The normalized spacial score (nSPS) is 14.4. The first-order chi connectivity index (χ1) is 15.4. The maximum Gasteiger partial charge on any atom is 0.311 e. The Labute approximate surface area is 188 Å². The van der Waals surface area contributed by atoms with Gasteiger partial charge in [-0.25, -0.2) is 0 Å². The summed E-state index contributed by atoms with van der Waals surface area (Å²) in [6.07, 6.45) is 0. The molecule has 1 aliphatic rings. The molecule has 0 N–H and O–H groups in total. The van der Waals surface area contributed by atoms with E-state index in [9.17, 15) is 14.9 Å². The van der Waals surface area contributed by atoms with Crippen LogP contribution in [0.4, 0.5) is 5.69 Å². The van der Waals surface area contributed by atoms with E-state index in [0.29, 0.717) is 49.5 Å². The maximum atomic E-state index is 12.8. The fraction of sp³-hybridized carbons (Fsp3) is 0.286. The average Bonchev–Trinajstić information content (AvgIpc) is 3.27. The highest BCUT2D eigenvalue weighted by Crippen LogP contribution is 2.28. The number of carbonyl (C=O) groups is 1. The SMILES string of the molecule is COc1ccc(C(=O)N2CCN(Cc3nc(-c4ccc(Cl)cc4)no3)CC2)cc1[N+](=O)[O-]. The third-order valence-corrected chi connectivity index (χ3v) is 5.46. The molecular formula is C21H20ClN5O5. The number of aromatic nitrogens is 2. The van der Waals surface area contributed by atoms with Crippen LogP contribution >= 0.6 is 11.6 Å². The number of amides is 1. The molecule has 1 aromatic heterocycles. The molecule has 1 amide bonds. The fourth-order valence-electron chi connectivity index (χ4n) is 3.48. The largest absolute Gasteiger partial charge is 0.490 e. The van der Waals surface area contributed by atoms with Crippen molar-refractivity contribution in [1.29, 1.82) is 0 Å². The van der Waals surface area contributed by atoms with Crippen LogP contribution in [0.3, 0.4) is 0 Å². The zero-order chi connectivity index (χ0) is 22.7. The van der Waals surface area contributed by atoms with Crippen molar-refractivity contribution >= 4 is 23.2 Å². The predicted molar refractivity (Wildman–Crippen MR) is 116 cm³/mol. The molecule has 1 aliphatic heterocycles. The van der Waals surface area contributed by atoms with Gasteiger partial charge >= 0.3 is 5.69 Å². The average molecular weight is 458 g/mol. The lowest BCUT2D eigenvalue weighted by molar-refractivity contribution is -0.385. The molecule has 166 valence electrons. The minimum Gasteiger partial charge on any atom is -0.490 e. The molecule has 0 atom stereocenters. The van der Waals surface area contributed by atoms with E-state index in [0.717, 1.165) is 5.56 Å². The molecule has 1 saturated heterocycles. The Balaban J connectivity index is 1.35. The van der Waals surface area contributed by atoms with E-state index in [2.05, 4.69) is 15.0 Å². The summed E-state index contributed by atoms with van der Waals surface area (Å²) in [7, 11) is 1.35. The van der Waals surface area contributed by atoms with Crippen molar-refractivity contribution in [2.75, 3.05) is 33.3 Å². The van der Waals surface area contributed by atoms with E-state index in [4.69, 9.17) is 20.9 Å². The number of hydrogen-bond acceptors (Lipinski definition) is 8. The van der Waals surface area contributed by atoms with Gasteiger partial charge in [0.25, 0.3) is 5.91 Å². The molecule has 1 fully saturated rings. The molecule has 0 spiro atoms. The van der Waals surface area contributed by atoms with Crippen LogP contribution in [0.25, 0.3) is 11.4 Å². The van der Waals surface area contributed by atoms with Gasteiger partial charge in [-0.3, -0.25) is 19.8 Å². The highest BCUT2D eigenvalue weighted by Gasteiger charge is 2.26. The Bertz CT molecular complexity index is 1130. The van der Waals surface area contributed by atoms with Gasteiger partial charge in [-0.2, -0.15) is 4.98 Å². The molecule has 0 saturated carbocycles. The molecular weight excluding hydrogens is 438 g/mol. The number of benzene rings is 2. The van der Waals surface area contributed by atoms with Crippen molar-refractivity contribution in [3.05, 3.63) is 69.1 Å². The van der Waals surface area contributed by atoms with Gasteiger partial charge in [-0.05, 0) is 36.4 Å². The summed E-state index contributed by atoms with van der Waals surface area (Å²) >= 11 is 5.91. The topological polar surface area (TPSA) is 115 Å². The lowest BCUT2D eigenvalue weighted by atomic mass is 10.1. The zero-order valence-corrected chi connectivity index (χ0v) is 18.0. The lowest BCUT2D eigenvalue weighted by Gasteiger charge is -2.34. The van der Waals surface area contributed by atoms with Crippen LogP contribution in [-0.2, 0) is 6.54 Å². The van der Waals surface area contributed by atoms with Gasteiger partial charge in [0.15, 0.2) is 5.75 Å². The van der Waals surface area contributed by atoms with Gasteiger partial charge in [0, 0.05) is 48.4 Å². The second-order valence-electron chi connectivity index (χ2n) is 7.23. The minimum atomic E-state index is -0.559. The molecule has 0 aliphatic carbocycles. The number of piperazine rings is 1. The van der Waals surface area contributed by atoms with Gasteiger partial charge < -0.3 is 14.2 Å². The fourth-order valence-corrected chi connectivity index (χ4v) is 3.61. The number of methoxy groups -OCH3 is 1. The van der Waals surface area contributed by atoms with Crippen LogP contribution in [0.5, 0.6) is 5.75 Å². The number of ether oxygens (including phenoxy) is 1. The summed E-state index contributed by atoms with van der Waals surface area (Å²) in [5.74, 6) is 0.846. The zero-order valence-electron chi connectivity index (χ0n) is 17.2. The van der Waals surface area contributed by atoms with Crippen LogP contribution in [0, 0.1) is 10.1 Å². The summed E-state index contributed by atoms with van der Waals surface area (Å²) in [6.45, 7) is 2.66. The van der Waals surface area contributed by atoms with E-state index < -0.39 is 4.92 Å². The lowest BCUT2D eigenvalue weighted by Crippen LogP contribution is -2.48. The number of nitrogens with zero attached hydrogens (tertiary/aromatic N) is 5. The predicted octanol–water partition coefficient (Wildman–Crippen LogP) is 3.26. The van der Waals surface area contributed by atoms with Crippen LogP contribution in [0.2, 0.25) is 5.02 Å². The Morgan fingerprint density at radius 1 is 1.19 bits per heavy atom. The first-order valence-electron chi connectivity index (χ1n) is 9.87. The molecule has 0 radical (unpaired) electrons. The Hall–Kier alpha value is -3.50. The highest BCUT2D eigenvalue weighted by molar-refractivity contribution is 6.30. The van der Waals surface area contributed by atoms with Crippen LogP contribution in [0.1, 0.15) is 16.2 Å². The van der Waals surface area contributed by atoms with Gasteiger partial charge in [0.1, 0.15) is 0 Å². The molecule has 2 heterocycles. The molecule has 4 rings (SSSR count). The van der Waals surface area contributed by atoms with Gasteiger partial charge in [-0.1, -0.05) is 16.8 Å². The number of hydrogen-bond donors (Lipinski definition) is 0. The van der Waals surface area contributed by atoms with Crippen LogP contribution in [-0.4, -0.2) is 64.1 Å². The number of rotatable bonds is 6. The Kier molecular flexibility index (Phi) is 6.33. The van der Waals surface area contributed by atoms with Crippen molar-refractivity contribution in [1.82, 2.24) is 19.9 Å². The molecule has 0 unspecified atom stereocenters. The van der Waals surface area contributed by atoms with Crippen molar-refractivity contribution in [3.63, 3.8) is 0 Å². The van der Waals surface area contributed by atoms with Crippen LogP contribution < -0.4 is 4.74 Å². The molecule has 10 nitrogen and oxygen atoms in total. The summed E-state index contributed by atoms with van der Waals surface area (Å²) in [6, 6.07) is 11.4. The molecule has 3 aromatic rings. The van der Waals surface area contributed by atoms with E-state index in [1.165, 1.54) is 25.3 Å². The summed E-state index contributed by atoms with van der Waals surface area (Å²) in [4.78, 5) is 31.7. The third kappa shape index (κ3) is 4.71. The standard InChI is InChI=1S/C21H20ClN5O5/c1-31-18-7-4-15(12-17(18)27(29)30)21(28)26-10-8-25(9-11-26)13-19-23-20(24-32-19)14-2-5-16(22)6-3-14/h2-7,12H,8-11,13H2,1H3. The van der Waals surface area contributed by atoms with E-state index in [-0.39, 0.29) is 22.9 Å². The first kappa shape index (κ1) is 21.7. The second kappa shape index (κ2) is 9.33.